The molecule has 3 aromatic heterocycles. The second-order valence-corrected chi connectivity index (χ2v) is 5.73. The van der Waals surface area contributed by atoms with Crippen molar-refractivity contribution in [3.05, 3.63) is 72.4 Å². The molecule has 0 saturated heterocycles. The Hall–Kier alpha value is -3.28. The van der Waals surface area contributed by atoms with Crippen molar-refractivity contribution in [2.45, 2.75) is 13.0 Å². The monoisotopic (exact) mass is 333 g/mol. The highest BCUT2D eigenvalue weighted by atomic mass is 16.3. The summed E-state index contributed by atoms with van der Waals surface area (Å²) in [6, 6.07) is 14.0. The summed E-state index contributed by atoms with van der Waals surface area (Å²) in [5.41, 5.74) is 2.45. The third-order valence-electron chi connectivity index (χ3n) is 4.03. The van der Waals surface area contributed by atoms with Gasteiger partial charge in [0.2, 0.25) is 5.95 Å². The van der Waals surface area contributed by atoms with E-state index in [-0.39, 0.29) is 0 Å². The van der Waals surface area contributed by atoms with Crippen LogP contribution in [0.5, 0.6) is 0 Å². The predicted molar refractivity (Wildman–Crippen MR) is 98.6 cm³/mol. The van der Waals surface area contributed by atoms with E-state index >= 15 is 0 Å². The third kappa shape index (κ3) is 3.63. The fourth-order valence-corrected chi connectivity index (χ4v) is 2.78. The van der Waals surface area contributed by atoms with Crippen molar-refractivity contribution < 1.29 is 4.42 Å². The van der Waals surface area contributed by atoms with E-state index in [1.807, 2.05) is 24.3 Å². The van der Waals surface area contributed by atoms with Gasteiger partial charge in [-0.2, -0.15) is 4.98 Å². The summed E-state index contributed by atoms with van der Waals surface area (Å²) in [6.45, 7) is 1.36. The number of para-hydroxylation sites is 1. The molecule has 0 radical (unpaired) electrons. The molecule has 3 N–H and O–H groups in total. The molecule has 0 aliphatic rings. The number of benzene rings is 1. The molecule has 0 aliphatic heterocycles. The minimum Gasteiger partial charge on any atom is -0.467 e. The van der Waals surface area contributed by atoms with Crippen LogP contribution in [0.25, 0.3) is 10.9 Å². The Morgan fingerprint density at radius 2 is 2.00 bits per heavy atom. The molecule has 126 valence electrons. The number of hydrogen-bond donors (Lipinski definition) is 3. The lowest BCUT2D eigenvalue weighted by Crippen LogP contribution is -2.09. The minimum absolute atomic E-state index is 0.596. The summed E-state index contributed by atoms with van der Waals surface area (Å²) < 4.78 is 5.30. The third-order valence-corrected chi connectivity index (χ3v) is 4.03. The number of aromatic amines is 1. The fraction of sp³-hybridized carbons (Fsp3) is 0.158. The van der Waals surface area contributed by atoms with Crippen LogP contribution in [-0.2, 0) is 13.0 Å². The van der Waals surface area contributed by atoms with E-state index in [1.165, 1.54) is 10.9 Å². The molecule has 0 unspecified atom stereocenters. The van der Waals surface area contributed by atoms with Gasteiger partial charge in [0.05, 0.1) is 12.8 Å². The van der Waals surface area contributed by atoms with Gasteiger partial charge >= 0.3 is 0 Å². The Morgan fingerprint density at radius 3 is 2.92 bits per heavy atom. The van der Waals surface area contributed by atoms with Crippen LogP contribution < -0.4 is 10.6 Å². The molecule has 25 heavy (non-hydrogen) atoms. The van der Waals surface area contributed by atoms with Crippen molar-refractivity contribution in [1.82, 2.24) is 15.0 Å². The van der Waals surface area contributed by atoms with Crippen LogP contribution in [0.2, 0.25) is 0 Å². The zero-order valence-electron chi connectivity index (χ0n) is 13.7. The van der Waals surface area contributed by atoms with Crippen molar-refractivity contribution >= 4 is 22.7 Å². The van der Waals surface area contributed by atoms with E-state index in [0.29, 0.717) is 12.5 Å². The molecule has 0 bridgehead atoms. The number of anilines is 2. The van der Waals surface area contributed by atoms with Crippen molar-refractivity contribution in [3.63, 3.8) is 0 Å². The van der Waals surface area contributed by atoms with Gasteiger partial charge in [-0.25, -0.2) is 4.98 Å². The number of furan rings is 1. The second kappa shape index (κ2) is 7.09. The number of H-pyrrole nitrogens is 1. The van der Waals surface area contributed by atoms with Gasteiger partial charge in [0.15, 0.2) is 0 Å². The minimum atomic E-state index is 0.596. The van der Waals surface area contributed by atoms with Crippen molar-refractivity contribution in [2.24, 2.45) is 0 Å². The van der Waals surface area contributed by atoms with Gasteiger partial charge in [-0.05, 0) is 36.2 Å². The van der Waals surface area contributed by atoms with Gasteiger partial charge < -0.3 is 20.0 Å². The molecule has 6 heteroatoms. The summed E-state index contributed by atoms with van der Waals surface area (Å²) in [5.74, 6) is 2.25. The zero-order chi connectivity index (χ0) is 16.9. The molecule has 1 aromatic carbocycles. The quantitative estimate of drug-likeness (QED) is 0.479. The maximum atomic E-state index is 5.30. The summed E-state index contributed by atoms with van der Waals surface area (Å²) in [7, 11) is 0. The lowest BCUT2D eigenvalue weighted by Gasteiger charge is -2.07. The standard InChI is InChI=1S/C19H19N5O/c1-2-6-17-16(5-1)14(12-22-17)7-9-20-19-21-10-8-18(24-19)23-13-15-4-3-11-25-15/h1-6,8,10-12,22H,7,9,13H2,(H2,20,21,23,24). The van der Waals surface area contributed by atoms with Crippen LogP contribution in [0.15, 0.2) is 65.5 Å². The Labute approximate surface area is 145 Å². The lowest BCUT2D eigenvalue weighted by molar-refractivity contribution is 0.518. The van der Waals surface area contributed by atoms with Crippen molar-refractivity contribution in [3.8, 4) is 0 Å². The highest BCUT2D eigenvalue weighted by molar-refractivity contribution is 5.83. The van der Waals surface area contributed by atoms with Gasteiger partial charge in [-0.15, -0.1) is 0 Å². The first-order valence-corrected chi connectivity index (χ1v) is 8.27. The molecule has 0 saturated carbocycles. The van der Waals surface area contributed by atoms with Crippen molar-refractivity contribution in [1.29, 1.82) is 0 Å². The van der Waals surface area contributed by atoms with Gasteiger partial charge in [-0.1, -0.05) is 18.2 Å². The molecule has 3 heterocycles. The maximum Gasteiger partial charge on any atom is 0.224 e. The zero-order valence-corrected chi connectivity index (χ0v) is 13.7. The molecule has 0 spiro atoms. The number of fused-ring (bicyclic) bond motifs is 1. The first-order valence-electron chi connectivity index (χ1n) is 8.27. The lowest BCUT2D eigenvalue weighted by atomic mass is 10.1. The molecule has 4 aromatic rings. The second-order valence-electron chi connectivity index (χ2n) is 5.73. The first-order chi connectivity index (χ1) is 12.4. The highest BCUT2D eigenvalue weighted by Crippen LogP contribution is 2.18. The topological polar surface area (TPSA) is 78.8 Å². The maximum absolute atomic E-state index is 5.30. The molecule has 0 amide bonds. The van der Waals surface area contributed by atoms with E-state index in [2.05, 4.69) is 50.0 Å². The van der Waals surface area contributed by atoms with E-state index in [9.17, 15) is 0 Å². The Kier molecular flexibility index (Phi) is 4.33. The van der Waals surface area contributed by atoms with Crippen LogP contribution in [0.3, 0.4) is 0 Å². The smallest absolute Gasteiger partial charge is 0.224 e. The first kappa shape index (κ1) is 15.3. The fourth-order valence-electron chi connectivity index (χ4n) is 2.78. The van der Waals surface area contributed by atoms with Crippen LogP contribution in [0.1, 0.15) is 11.3 Å². The van der Waals surface area contributed by atoms with Gasteiger partial charge in [-0.3, -0.25) is 0 Å². The largest absolute Gasteiger partial charge is 0.467 e. The van der Waals surface area contributed by atoms with Crippen LogP contribution >= 0.6 is 0 Å². The van der Waals surface area contributed by atoms with E-state index < -0.39 is 0 Å². The van der Waals surface area contributed by atoms with E-state index in [0.717, 1.165) is 30.1 Å². The van der Waals surface area contributed by atoms with Crippen molar-refractivity contribution in [2.75, 3.05) is 17.2 Å². The number of hydrogen-bond acceptors (Lipinski definition) is 5. The van der Waals surface area contributed by atoms with Crippen LogP contribution in [-0.4, -0.2) is 21.5 Å². The van der Waals surface area contributed by atoms with E-state index in [1.54, 1.807) is 12.5 Å². The molecule has 0 fully saturated rings. The Balaban J connectivity index is 1.34. The highest BCUT2D eigenvalue weighted by Gasteiger charge is 2.04. The molecule has 0 aliphatic carbocycles. The van der Waals surface area contributed by atoms with Crippen LogP contribution in [0, 0.1) is 0 Å². The summed E-state index contributed by atoms with van der Waals surface area (Å²) in [4.78, 5) is 12.0. The Morgan fingerprint density at radius 1 is 1.04 bits per heavy atom. The van der Waals surface area contributed by atoms with Gasteiger partial charge in [0.1, 0.15) is 11.6 Å². The molecule has 0 atom stereocenters. The number of nitrogens with one attached hydrogen (secondary N) is 3. The summed E-state index contributed by atoms with van der Waals surface area (Å²) in [5, 5.41) is 7.77. The number of aromatic nitrogens is 3. The van der Waals surface area contributed by atoms with Crippen LogP contribution in [0.4, 0.5) is 11.8 Å². The van der Waals surface area contributed by atoms with Gasteiger partial charge in [0.25, 0.3) is 0 Å². The Bertz CT molecular complexity index is 945. The molecule has 4 rings (SSSR count). The average molecular weight is 333 g/mol. The average Bonchev–Trinajstić information content (AvgIpc) is 3.31. The molecular weight excluding hydrogens is 314 g/mol. The molecular formula is C19H19N5O. The summed E-state index contributed by atoms with van der Waals surface area (Å²) in [6.07, 6.45) is 6.37. The molecule has 6 nitrogen and oxygen atoms in total. The number of nitrogens with zero attached hydrogens (tertiary/aromatic N) is 2. The summed E-state index contributed by atoms with van der Waals surface area (Å²) >= 11 is 0. The predicted octanol–water partition coefficient (Wildman–Crippen LogP) is 3.82. The number of rotatable bonds is 7. The van der Waals surface area contributed by atoms with E-state index in [4.69, 9.17) is 4.42 Å². The SMILES string of the molecule is c1coc(CNc2ccnc(NCCc3c[nH]c4ccccc34)n2)c1. The normalized spacial score (nSPS) is 10.9. The van der Waals surface area contributed by atoms with Gasteiger partial charge in [0, 0.05) is 29.8 Å².